The second-order valence-electron chi connectivity index (χ2n) is 8.62. The summed E-state index contributed by atoms with van der Waals surface area (Å²) in [6.07, 6.45) is 3.95. The Bertz CT molecular complexity index is 497. The highest BCUT2D eigenvalue weighted by Crippen LogP contribution is 2.46. The molecule has 3 N–H and O–H groups in total. The minimum absolute atomic E-state index is 0.0324. The molecule has 2 aliphatic carbocycles. The topological polar surface area (TPSA) is 60.7 Å². The van der Waals surface area contributed by atoms with E-state index in [2.05, 4.69) is 29.1 Å². The van der Waals surface area contributed by atoms with Crippen LogP contribution in [0.25, 0.3) is 0 Å². The number of alkyl halides is 1. The van der Waals surface area contributed by atoms with Gasteiger partial charge >= 0.3 is 0 Å². The monoisotopic (exact) mass is 400 g/mol. The summed E-state index contributed by atoms with van der Waals surface area (Å²) in [6, 6.07) is 0. The minimum Gasteiger partial charge on any atom is -0.390 e. The van der Waals surface area contributed by atoms with Gasteiger partial charge in [-0.3, -0.25) is 0 Å². The summed E-state index contributed by atoms with van der Waals surface area (Å²) in [5, 5.41) is 31.5. The van der Waals surface area contributed by atoms with Crippen molar-refractivity contribution < 1.29 is 15.3 Å². The highest BCUT2D eigenvalue weighted by molar-refractivity contribution is 9.09. The Labute approximate surface area is 155 Å². The first-order valence-corrected chi connectivity index (χ1v) is 9.97. The van der Waals surface area contributed by atoms with E-state index in [9.17, 15) is 15.3 Å². The molecule has 0 aromatic carbocycles. The van der Waals surface area contributed by atoms with E-state index in [1.165, 1.54) is 0 Å². The summed E-state index contributed by atoms with van der Waals surface area (Å²) in [5.41, 5.74) is 0.506. The molecule has 0 saturated heterocycles. The van der Waals surface area contributed by atoms with Gasteiger partial charge in [-0.1, -0.05) is 40.2 Å². The summed E-state index contributed by atoms with van der Waals surface area (Å²) in [6.45, 7) is 14.0. The lowest BCUT2D eigenvalue weighted by atomic mass is 9.64. The zero-order valence-corrected chi connectivity index (χ0v) is 16.8. The molecule has 0 amide bonds. The maximum atomic E-state index is 10.7. The van der Waals surface area contributed by atoms with E-state index in [1.54, 1.807) is 6.92 Å². The molecule has 7 atom stereocenters. The average molecular weight is 401 g/mol. The van der Waals surface area contributed by atoms with Crippen molar-refractivity contribution in [2.45, 2.75) is 81.4 Å². The number of aliphatic hydroxyl groups excluding tert-OH is 1. The molecule has 0 heterocycles. The third-order valence-electron chi connectivity index (χ3n) is 6.39. The van der Waals surface area contributed by atoms with Crippen LogP contribution in [0.4, 0.5) is 0 Å². The normalized spacial score (nSPS) is 46.5. The van der Waals surface area contributed by atoms with Crippen molar-refractivity contribution in [3.05, 3.63) is 24.3 Å². The quantitative estimate of drug-likeness (QED) is 0.494. The predicted molar refractivity (Wildman–Crippen MR) is 102 cm³/mol. The molecule has 0 unspecified atom stereocenters. The molecule has 2 fully saturated rings. The third-order valence-corrected chi connectivity index (χ3v) is 7.75. The van der Waals surface area contributed by atoms with Gasteiger partial charge in [-0.2, -0.15) is 0 Å². The fourth-order valence-electron chi connectivity index (χ4n) is 4.44. The lowest BCUT2D eigenvalue weighted by molar-refractivity contribution is -0.127. The zero-order valence-electron chi connectivity index (χ0n) is 15.3. The number of halogens is 1. The Hall–Kier alpha value is -0.160. The van der Waals surface area contributed by atoms with Crippen LogP contribution >= 0.6 is 15.9 Å². The maximum absolute atomic E-state index is 10.7. The SMILES string of the molecule is C=C(C[C@@H]1[C@@H](C(=C)C)CC[C@](C)(O)[C@H]1O)[C@H]1CC[C@@](C)(O)[C@@H](Br)C1. The van der Waals surface area contributed by atoms with E-state index in [0.717, 1.165) is 36.8 Å². The van der Waals surface area contributed by atoms with Crippen molar-refractivity contribution in [3.8, 4) is 0 Å². The number of hydrogen-bond donors (Lipinski definition) is 3. The molecule has 4 heteroatoms. The molecule has 0 aromatic rings. The molecule has 0 aromatic heterocycles. The van der Waals surface area contributed by atoms with E-state index >= 15 is 0 Å². The van der Waals surface area contributed by atoms with Crippen molar-refractivity contribution in [2.75, 3.05) is 0 Å². The van der Waals surface area contributed by atoms with E-state index < -0.39 is 17.3 Å². The van der Waals surface area contributed by atoms with Gasteiger partial charge in [0.1, 0.15) is 0 Å². The smallest absolute Gasteiger partial charge is 0.0880 e. The van der Waals surface area contributed by atoms with Gasteiger partial charge in [-0.05, 0) is 77.0 Å². The highest BCUT2D eigenvalue weighted by Gasteiger charge is 2.46. The predicted octanol–water partition coefficient (Wildman–Crippen LogP) is 3.96. The van der Waals surface area contributed by atoms with Gasteiger partial charge < -0.3 is 15.3 Å². The van der Waals surface area contributed by atoms with Gasteiger partial charge in [0.25, 0.3) is 0 Å². The van der Waals surface area contributed by atoms with Gasteiger partial charge in [0, 0.05) is 4.83 Å². The molecule has 0 spiro atoms. The molecule has 2 aliphatic rings. The Morgan fingerprint density at radius 2 is 1.71 bits per heavy atom. The molecule has 24 heavy (non-hydrogen) atoms. The fraction of sp³-hybridized carbons (Fsp3) is 0.800. The number of rotatable bonds is 4. The van der Waals surface area contributed by atoms with Gasteiger partial charge in [-0.25, -0.2) is 0 Å². The summed E-state index contributed by atoms with van der Waals surface area (Å²) in [5.74, 6) is 0.540. The molecule has 2 saturated carbocycles. The van der Waals surface area contributed by atoms with Crippen molar-refractivity contribution in [1.82, 2.24) is 0 Å². The minimum atomic E-state index is -1.04. The fourth-order valence-corrected chi connectivity index (χ4v) is 5.12. The second kappa shape index (κ2) is 7.22. The molecular weight excluding hydrogens is 368 g/mol. The van der Waals surface area contributed by atoms with Gasteiger partial charge in [-0.15, -0.1) is 0 Å². The van der Waals surface area contributed by atoms with Crippen LogP contribution in [-0.4, -0.2) is 37.5 Å². The summed E-state index contributed by atoms with van der Waals surface area (Å²) in [7, 11) is 0. The van der Waals surface area contributed by atoms with Crippen LogP contribution in [0.3, 0.4) is 0 Å². The number of aliphatic hydroxyl groups is 3. The summed E-state index contributed by atoms with van der Waals surface area (Å²) in [4.78, 5) is 0.0665. The lowest BCUT2D eigenvalue weighted by Gasteiger charge is -2.46. The van der Waals surface area contributed by atoms with Crippen molar-refractivity contribution in [2.24, 2.45) is 17.8 Å². The van der Waals surface area contributed by atoms with Gasteiger partial charge in [0.2, 0.25) is 0 Å². The molecule has 3 nitrogen and oxygen atoms in total. The Kier molecular flexibility index (Phi) is 6.06. The van der Waals surface area contributed by atoms with Crippen LogP contribution < -0.4 is 0 Å². The van der Waals surface area contributed by atoms with E-state index in [4.69, 9.17) is 0 Å². The zero-order chi connectivity index (χ0) is 18.3. The summed E-state index contributed by atoms with van der Waals surface area (Å²) < 4.78 is 0. The van der Waals surface area contributed by atoms with E-state index in [0.29, 0.717) is 18.8 Å². The molecule has 0 radical (unpaired) electrons. The molecular formula is C20H33BrO3. The molecule has 138 valence electrons. The largest absolute Gasteiger partial charge is 0.390 e. The molecule has 2 rings (SSSR count). The van der Waals surface area contributed by atoms with Gasteiger partial charge in [0.15, 0.2) is 0 Å². The van der Waals surface area contributed by atoms with Crippen molar-refractivity contribution in [3.63, 3.8) is 0 Å². The number of hydrogen-bond acceptors (Lipinski definition) is 3. The van der Waals surface area contributed by atoms with Crippen LogP contribution in [0.2, 0.25) is 0 Å². The standard InChI is InChI=1S/C20H33BrO3/c1-12(2)15-7-9-20(5,24)18(22)16(15)10-13(3)14-6-8-19(4,23)17(21)11-14/h14-18,22-24H,1,3,6-11H2,2,4-5H3/t14-,15+,16+,17-,18-,19+,20-/m0/s1. The van der Waals surface area contributed by atoms with Gasteiger partial charge in [0.05, 0.1) is 17.3 Å². The van der Waals surface area contributed by atoms with Crippen LogP contribution in [0.15, 0.2) is 24.3 Å². The average Bonchev–Trinajstić information content (AvgIpc) is 2.46. The van der Waals surface area contributed by atoms with Crippen LogP contribution in [-0.2, 0) is 0 Å². The maximum Gasteiger partial charge on any atom is 0.0880 e. The lowest BCUT2D eigenvalue weighted by Crippen LogP contribution is -2.51. The first-order valence-electron chi connectivity index (χ1n) is 9.05. The van der Waals surface area contributed by atoms with Crippen LogP contribution in [0.5, 0.6) is 0 Å². The molecule has 0 aliphatic heterocycles. The van der Waals surface area contributed by atoms with Crippen molar-refractivity contribution in [1.29, 1.82) is 0 Å². The summed E-state index contributed by atoms with van der Waals surface area (Å²) >= 11 is 3.61. The number of allylic oxidation sites excluding steroid dienone is 2. The third kappa shape index (κ3) is 4.14. The first kappa shape index (κ1) is 20.2. The Morgan fingerprint density at radius 1 is 1.12 bits per heavy atom. The van der Waals surface area contributed by atoms with Crippen LogP contribution in [0, 0.1) is 17.8 Å². The van der Waals surface area contributed by atoms with E-state index in [-0.39, 0.29) is 16.7 Å². The van der Waals surface area contributed by atoms with Crippen molar-refractivity contribution >= 4 is 15.9 Å². The molecule has 0 bridgehead atoms. The Morgan fingerprint density at radius 3 is 2.25 bits per heavy atom. The van der Waals surface area contributed by atoms with Crippen LogP contribution in [0.1, 0.15) is 59.3 Å². The second-order valence-corrected chi connectivity index (χ2v) is 9.72. The Balaban J connectivity index is 2.09. The first-order chi connectivity index (χ1) is 11.0. The highest BCUT2D eigenvalue weighted by atomic mass is 79.9. The van der Waals surface area contributed by atoms with E-state index in [1.807, 2.05) is 13.8 Å².